The molecular weight excluding hydrogens is 292 g/mol. The van der Waals surface area contributed by atoms with Gasteiger partial charge in [0.05, 0.1) is 0 Å². The highest BCUT2D eigenvalue weighted by atomic mass is 35.5. The molecule has 0 aliphatic heterocycles. The van der Waals surface area contributed by atoms with Crippen LogP contribution in [0, 0.1) is 5.92 Å². The van der Waals surface area contributed by atoms with E-state index in [2.05, 4.69) is 35.3 Å². The van der Waals surface area contributed by atoms with Gasteiger partial charge in [-0.1, -0.05) is 31.5 Å². The first-order chi connectivity index (χ1) is 9.58. The maximum Gasteiger partial charge on any atom is 0.190 e. The molecule has 0 aliphatic carbocycles. The van der Waals surface area contributed by atoms with Crippen LogP contribution in [0.1, 0.15) is 19.4 Å². The zero-order valence-electron chi connectivity index (χ0n) is 11.9. The van der Waals surface area contributed by atoms with Crippen LogP contribution < -0.4 is 5.32 Å². The molecule has 1 N–H and O–H groups in total. The minimum absolute atomic E-state index is 0.618. The standard InChI is InChI=1S/C14H19ClN4S/c1-10(2)7-16-8-11-12(15)5-4-6-13(11)20-14-17-9-18-19(14)3/h4-6,9-10,16H,7-8H2,1-3H3. The Morgan fingerprint density at radius 3 is 2.85 bits per heavy atom. The minimum Gasteiger partial charge on any atom is -0.312 e. The van der Waals surface area contributed by atoms with Crippen molar-refractivity contribution in [1.82, 2.24) is 20.1 Å². The van der Waals surface area contributed by atoms with E-state index in [9.17, 15) is 0 Å². The van der Waals surface area contributed by atoms with Crippen LogP contribution >= 0.6 is 23.4 Å². The number of nitrogens with zero attached hydrogens (tertiary/aromatic N) is 3. The SMILES string of the molecule is CC(C)CNCc1c(Cl)cccc1Sc1ncnn1C. The van der Waals surface area contributed by atoms with Crippen LogP contribution in [0.25, 0.3) is 0 Å². The average molecular weight is 311 g/mol. The molecule has 1 aromatic carbocycles. The summed E-state index contributed by atoms with van der Waals surface area (Å²) < 4.78 is 1.76. The van der Waals surface area contributed by atoms with Crippen molar-refractivity contribution in [3.05, 3.63) is 35.1 Å². The molecule has 1 heterocycles. The summed E-state index contributed by atoms with van der Waals surface area (Å²) in [6.07, 6.45) is 1.56. The zero-order chi connectivity index (χ0) is 14.5. The number of hydrogen-bond donors (Lipinski definition) is 1. The van der Waals surface area contributed by atoms with Crippen LogP contribution in [0.2, 0.25) is 5.02 Å². The van der Waals surface area contributed by atoms with Crippen molar-refractivity contribution in [2.24, 2.45) is 13.0 Å². The lowest BCUT2D eigenvalue weighted by atomic mass is 10.2. The molecule has 0 radical (unpaired) electrons. The lowest BCUT2D eigenvalue weighted by Gasteiger charge is -2.13. The van der Waals surface area contributed by atoms with Crippen molar-refractivity contribution in [3.63, 3.8) is 0 Å². The van der Waals surface area contributed by atoms with Gasteiger partial charge >= 0.3 is 0 Å². The summed E-state index contributed by atoms with van der Waals surface area (Å²) in [6.45, 7) is 6.11. The van der Waals surface area contributed by atoms with Crippen LogP contribution in [-0.2, 0) is 13.6 Å². The molecule has 0 unspecified atom stereocenters. The Morgan fingerprint density at radius 1 is 1.40 bits per heavy atom. The molecule has 0 saturated heterocycles. The molecule has 20 heavy (non-hydrogen) atoms. The van der Waals surface area contributed by atoms with Crippen LogP contribution in [0.3, 0.4) is 0 Å². The Hall–Kier alpha value is -1.04. The molecular formula is C14H19ClN4S. The molecule has 1 aromatic heterocycles. The molecule has 0 fully saturated rings. The van der Waals surface area contributed by atoms with Gasteiger partial charge in [0.1, 0.15) is 6.33 Å². The third-order valence-electron chi connectivity index (χ3n) is 2.80. The summed E-state index contributed by atoms with van der Waals surface area (Å²) >= 11 is 7.91. The summed E-state index contributed by atoms with van der Waals surface area (Å²) in [7, 11) is 1.89. The fourth-order valence-corrected chi connectivity index (χ4v) is 2.99. The molecule has 6 heteroatoms. The van der Waals surface area contributed by atoms with E-state index in [-0.39, 0.29) is 0 Å². The quantitative estimate of drug-likeness (QED) is 0.888. The number of rotatable bonds is 6. The number of aromatic nitrogens is 3. The van der Waals surface area contributed by atoms with Gasteiger partial charge in [0, 0.05) is 23.5 Å². The normalized spacial score (nSPS) is 11.2. The van der Waals surface area contributed by atoms with E-state index < -0.39 is 0 Å². The van der Waals surface area contributed by atoms with Crippen molar-refractivity contribution in [2.75, 3.05) is 6.54 Å². The Balaban J connectivity index is 2.15. The highest BCUT2D eigenvalue weighted by molar-refractivity contribution is 7.99. The van der Waals surface area contributed by atoms with E-state index in [0.717, 1.165) is 33.7 Å². The van der Waals surface area contributed by atoms with Gasteiger partial charge < -0.3 is 5.32 Å². The van der Waals surface area contributed by atoms with Crippen LogP contribution in [0.4, 0.5) is 0 Å². The Bertz CT molecular complexity index is 568. The van der Waals surface area contributed by atoms with Crippen molar-refractivity contribution in [2.45, 2.75) is 30.4 Å². The third-order valence-corrected chi connectivity index (χ3v) is 4.31. The molecule has 0 aliphatic rings. The van der Waals surface area contributed by atoms with Gasteiger partial charge in [0.25, 0.3) is 0 Å². The van der Waals surface area contributed by atoms with Crippen LogP contribution in [0.15, 0.2) is 34.6 Å². The van der Waals surface area contributed by atoms with Gasteiger partial charge in [-0.3, -0.25) is 0 Å². The van der Waals surface area contributed by atoms with E-state index in [0.29, 0.717) is 5.92 Å². The largest absolute Gasteiger partial charge is 0.312 e. The van der Waals surface area contributed by atoms with Crippen molar-refractivity contribution in [3.8, 4) is 0 Å². The summed E-state index contributed by atoms with van der Waals surface area (Å²) in [5.41, 5.74) is 1.11. The van der Waals surface area contributed by atoms with E-state index >= 15 is 0 Å². The molecule has 2 rings (SSSR count). The lowest BCUT2D eigenvalue weighted by molar-refractivity contribution is 0.550. The molecule has 108 valence electrons. The van der Waals surface area contributed by atoms with E-state index in [4.69, 9.17) is 11.6 Å². The van der Waals surface area contributed by atoms with Gasteiger partial charge in [-0.05, 0) is 41.9 Å². The van der Waals surface area contributed by atoms with Crippen molar-refractivity contribution < 1.29 is 0 Å². The second-order valence-electron chi connectivity index (χ2n) is 5.01. The van der Waals surface area contributed by atoms with Gasteiger partial charge in [-0.2, -0.15) is 5.10 Å². The van der Waals surface area contributed by atoms with Crippen molar-refractivity contribution >= 4 is 23.4 Å². The molecule has 0 spiro atoms. The van der Waals surface area contributed by atoms with E-state index in [1.807, 2.05) is 19.2 Å². The first kappa shape index (κ1) is 15.4. The fraction of sp³-hybridized carbons (Fsp3) is 0.429. The predicted octanol–water partition coefficient (Wildman–Crippen LogP) is 3.37. The predicted molar refractivity (Wildman–Crippen MR) is 83.1 cm³/mol. The minimum atomic E-state index is 0.618. The second-order valence-corrected chi connectivity index (χ2v) is 6.43. The van der Waals surface area contributed by atoms with Gasteiger partial charge in [0.2, 0.25) is 0 Å². The summed E-state index contributed by atoms with van der Waals surface area (Å²) in [4.78, 5) is 5.36. The maximum absolute atomic E-state index is 6.33. The molecule has 0 saturated carbocycles. The maximum atomic E-state index is 6.33. The van der Waals surface area contributed by atoms with Crippen molar-refractivity contribution in [1.29, 1.82) is 0 Å². The molecule has 2 aromatic rings. The topological polar surface area (TPSA) is 42.7 Å². The van der Waals surface area contributed by atoms with Gasteiger partial charge in [-0.25, -0.2) is 9.67 Å². The molecule has 0 amide bonds. The molecule has 0 atom stereocenters. The smallest absolute Gasteiger partial charge is 0.190 e. The first-order valence-electron chi connectivity index (χ1n) is 6.58. The van der Waals surface area contributed by atoms with E-state index in [1.54, 1.807) is 22.8 Å². The third kappa shape index (κ3) is 3.98. The van der Waals surface area contributed by atoms with Crippen LogP contribution in [0.5, 0.6) is 0 Å². The van der Waals surface area contributed by atoms with Gasteiger partial charge in [0.15, 0.2) is 5.16 Å². The van der Waals surface area contributed by atoms with Gasteiger partial charge in [-0.15, -0.1) is 0 Å². The fourth-order valence-electron chi connectivity index (χ4n) is 1.77. The zero-order valence-corrected chi connectivity index (χ0v) is 13.5. The number of benzene rings is 1. The highest BCUT2D eigenvalue weighted by Crippen LogP contribution is 2.32. The first-order valence-corrected chi connectivity index (χ1v) is 7.77. The summed E-state index contributed by atoms with van der Waals surface area (Å²) in [5.74, 6) is 0.618. The number of nitrogens with one attached hydrogen (secondary N) is 1. The summed E-state index contributed by atoms with van der Waals surface area (Å²) in [5, 5.41) is 9.17. The number of aryl methyl sites for hydroxylation is 1. The lowest BCUT2D eigenvalue weighted by Crippen LogP contribution is -2.19. The number of halogens is 1. The molecule has 4 nitrogen and oxygen atoms in total. The highest BCUT2D eigenvalue weighted by Gasteiger charge is 2.11. The molecule has 0 bridgehead atoms. The Morgan fingerprint density at radius 2 is 2.20 bits per heavy atom. The second kappa shape index (κ2) is 7.11. The number of hydrogen-bond acceptors (Lipinski definition) is 4. The van der Waals surface area contributed by atoms with E-state index in [1.165, 1.54) is 0 Å². The van der Waals surface area contributed by atoms with Crippen LogP contribution in [-0.4, -0.2) is 21.3 Å². The Labute approximate surface area is 128 Å². The monoisotopic (exact) mass is 310 g/mol. The Kier molecular flexibility index (Phi) is 5.46. The average Bonchev–Trinajstić information content (AvgIpc) is 2.78. The summed E-state index contributed by atoms with van der Waals surface area (Å²) in [6, 6.07) is 5.96.